The number of benzene rings is 2. The summed E-state index contributed by atoms with van der Waals surface area (Å²) in [6.45, 7) is 2.78. The standard InChI is InChI=1S/C26H18F17NO3S/c1-12(2)18(45)17-10-13-6-3-4-9-16(13)44(17)48(46,47)15-8-5-7-14(11-15)19(27,28)20(29,30)21(31,32)22(33,34)23(35,36)24(37,38)25(39,40)26(41,42)43/h3-12,18,45H,1-2H3. The van der Waals surface area contributed by atoms with Gasteiger partial charge in [0, 0.05) is 10.9 Å². The molecule has 0 radical (unpaired) electrons. The van der Waals surface area contributed by atoms with Gasteiger partial charge in [0.05, 0.1) is 22.2 Å². The van der Waals surface area contributed by atoms with E-state index in [1.54, 1.807) is 0 Å². The van der Waals surface area contributed by atoms with Crippen LogP contribution in [0.5, 0.6) is 0 Å². The van der Waals surface area contributed by atoms with Gasteiger partial charge >= 0.3 is 47.6 Å². The van der Waals surface area contributed by atoms with Gasteiger partial charge in [0.1, 0.15) is 0 Å². The molecule has 1 aromatic heterocycles. The second-order valence-corrected chi connectivity index (χ2v) is 12.4. The highest BCUT2D eigenvalue weighted by Gasteiger charge is 2.95. The lowest BCUT2D eigenvalue weighted by Crippen LogP contribution is -2.74. The van der Waals surface area contributed by atoms with Gasteiger partial charge in [-0.2, -0.15) is 74.6 Å². The van der Waals surface area contributed by atoms with Crippen molar-refractivity contribution < 1.29 is 88.2 Å². The van der Waals surface area contributed by atoms with Gasteiger partial charge in [0.2, 0.25) is 0 Å². The molecule has 48 heavy (non-hydrogen) atoms. The number of hydrogen-bond acceptors (Lipinski definition) is 3. The number of rotatable bonds is 11. The number of nitrogens with zero attached hydrogens (tertiary/aromatic N) is 1. The van der Waals surface area contributed by atoms with Gasteiger partial charge in [0.25, 0.3) is 10.0 Å². The van der Waals surface area contributed by atoms with Gasteiger partial charge in [-0.1, -0.05) is 44.2 Å². The Hall–Kier alpha value is -3.30. The number of aliphatic hydroxyl groups excluding tert-OH is 1. The highest BCUT2D eigenvalue weighted by atomic mass is 32.2. The fourth-order valence-electron chi connectivity index (χ4n) is 4.27. The van der Waals surface area contributed by atoms with Crippen molar-refractivity contribution in [2.24, 2.45) is 5.92 Å². The Labute approximate surface area is 257 Å². The number of aliphatic hydroxyl groups is 1. The lowest BCUT2D eigenvalue weighted by Gasteiger charge is -2.42. The molecular weight excluding hydrogens is 729 g/mol. The van der Waals surface area contributed by atoms with Crippen LogP contribution in [-0.4, -0.2) is 59.2 Å². The molecular formula is C26H18F17NO3S. The van der Waals surface area contributed by atoms with Crippen LogP contribution in [0.15, 0.2) is 59.5 Å². The average molecular weight is 747 g/mol. The first kappa shape index (κ1) is 39.1. The highest BCUT2D eigenvalue weighted by molar-refractivity contribution is 7.90. The summed E-state index contributed by atoms with van der Waals surface area (Å²) in [4.78, 5) is -1.51. The molecule has 4 nitrogen and oxygen atoms in total. The molecule has 0 saturated heterocycles. The zero-order valence-corrected chi connectivity index (χ0v) is 24.2. The maximum absolute atomic E-state index is 15.0. The Morgan fingerprint density at radius 3 is 1.54 bits per heavy atom. The predicted octanol–water partition coefficient (Wildman–Crippen LogP) is 9.03. The van der Waals surface area contributed by atoms with Crippen LogP contribution in [0.2, 0.25) is 0 Å². The molecule has 0 bridgehead atoms. The summed E-state index contributed by atoms with van der Waals surface area (Å²) in [5.74, 6) is -58.8. The molecule has 1 unspecified atom stereocenters. The minimum atomic E-state index is -8.80. The van der Waals surface area contributed by atoms with Gasteiger partial charge in [-0.25, -0.2) is 12.4 Å². The van der Waals surface area contributed by atoms with Gasteiger partial charge in [0.15, 0.2) is 0 Å². The summed E-state index contributed by atoms with van der Waals surface area (Å²) >= 11 is 0. The number of alkyl halides is 17. The Morgan fingerprint density at radius 1 is 0.604 bits per heavy atom. The van der Waals surface area contributed by atoms with Crippen LogP contribution in [-0.2, 0) is 15.9 Å². The molecule has 3 aromatic rings. The zero-order chi connectivity index (χ0) is 37.5. The third-order valence-corrected chi connectivity index (χ3v) is 8.82. The lowest BCUT2D eigenvalue weighted by atomic mass is 9.87. The van der Waals surface area contributed by atoms with Crippen molar-refractivity contribution in [3.63, 3.8) is 0 Å². The van der Waals surface area contributed by atoms with Gasteiger partial charge < -0.3 is 5.11 Å². The molecule has 0 aliphatic carbocycles. The van der Waals surface area contributed by atoms with Crippen LogP contribution in [0, 0.1) is 5.92 Å². The topological polar surface area (TPSA) is 59.3 Å². The van der Waals surface area contributed by atoms with Gasteiger partial charge in [-0.15, -0.1) is 0 Å². The summed E-state index contributed by atoms with van der Waals surface area (Å²) in [5.41, 5.74) is -3.42. The molecule has 0 saturated carbocycles. The molecule has 1 N–H and O–H groups in total. The van der Waals surface area contributed by atoms with Crippen molar-refractivity contribution in [3.8, 4) is 0 Å². The number of para-hydroxylation sites is 1. The molecule has 2 aromatic carbocycles. The monoisotopic (exact) mass is 747 g/mol. The van der Waals surface area contributed by atoms with Crippen molar-refractivity contribution in [2.75, 3.05) is 0 Å². The third kappa shape index (κ3) is 5.27. The predicted molar refractivity (Wildman–Crippen MR) is 130 cm³/mol. The van der Waals surface area contributed by atoms with Crippen LogP contribution in [0.3, 0.4) is 0 Å². The van der Waals surface area contributed by atoms with Crippen molar-refractivity contribution in [2.45, 2.75) is 72.5 Å². The van der Waals surface area contributed by atoms with E-state index in [9.17, 15) is 88.2 Å². The van der Waals surface area contributed by atoms with Crippen LogP contribution < -0.4 is 0 Å². The first-order valence-electron chi connectivity index (χ1n) is 12.6. The summed E-state index contributed by atoms with van der Waals surface area (Å²) in [6, 6.07) is 5.78. The largest absolute Gasteiger partial charge is 0.460 e. The summed E-state index contributed by atoms with van der Waals surface area (Å²) < 4.78 is 261. The molecule has 1 atom stereocenters. The second-order valence-electron chi connectivity index (χ2n) is 10.6. The van der Waals surface area contributed by atoms with E-state index in [1.165, 1.54) is 32.0 Å². The molecule has 0 aliphatic heterocycles. The van der Waals surface area contributed by atoms with Crippen LogP contribution in [0.4, 0.5) is 74.6 Å². The fraction of sp³-hybridized carbons (Fsp3) is 0.462. The molecule has 0 fully saturated rings. The molecule has 0 spiro atoms. The van der Waals surface area contributed by atoms with E-state index in [0.717, 1.165) is 12.1 Å². The zero-order valence-electron chi connectivity index (χ0n) is 23.4. The first-order valence-corrected chi connectivity index (χ1v) is 14.1. The number of aromatic nitrogens is 1. The van der Waals surface area contributed by atoms with Crippen LogP contribution >= 0.6 is 0 Å². The number of hydrogen-bond donors (Lipinski definition) is 1. The van der Waals surface area contributed by atoms with Crippen molar-refractivity contribution in [3.05, 3.63) is 65.9 Å². The molecule has 0 amide bonds. The first-order chi connectivity index (χ1) is 21.3. The van der Waals surface area contributed by atoms with Crippen molar-refractivity contribution in [1.82, 2.24) is 3.97 Å². The quantitative estimate of drug-likeness (QED) is 0.199. The van der Waals surface area contributed by atoms with E-state index in [1.807, 2.05) is 0 Å². The maximum Gasteiger partial charge on any atom is 0.460 e. The normalized spacial score (nSPS) is 15.8. The van der Waals surface area contributed by atoms with Gasteiger partial charge in [-0.05, 0) is 30.2 Å². The third-order valence-electron chi connectivity index (χ3n) is 7.08. The highest BCUT2D eigenvalue weighted by Crippen LogP contribution is 2.65. The molecule has 1 heterocycles. The summed E-state index contributed by atoms with van der Waals surface area (Å²) in [6.07, 6.45) is -9.51. The Balaban J connectivity index is 2.21. The van der Waals surface area contributed by atoms with Crippen LogP contribution in [0.1, 0.15) is 31.2 Å². The number of fused-ring (bicyclic) bond motifs is 1. The fourth-order valence-corrected chi connectivity index (χ4v) is 5.87. The molecule has 22 heteroatoms. The summed E-state index contributed by atoms with van der Waals surface area (Å²) in [7, 11) is -5.36. The molecule has 270 valence electrons. The van der Waals surface area contributed by atoms with E-state index in [2.05, 4.69) is 0 Å². The SMILES string of the molecule is CC(C)C(O)c1cc2ccccc2n1S(=O)(=O)c1cccc(C(F)(F)C(F)(F)C(F)(F)C(F)(F)C(F)(F)C(F)(F)C(F)(F)C(F)(F)F)c1. The van der Waals surface area contributed by atoms with Crippen molar-refractivity contribution >= 4 is 20.9 Å². The van der Waals surface area contributed by atoms with E-state index in [4.69, 9.17) is 0 Å². The van der Waals surface area contributed by atoms with Crippen LogP contribution in [0.25, 0.3) is 10.9 Å². The molecule has 3 rings (SSSR count). The van der Waals surface area contributed by atoms with E-state index >= 15 is 0 Å². The van der Waals surface area contributed by atoms with Gasteiger partial charge in [-0.3, -0.25) is 0 Å². The van der Waals surface area contributed by atoms with E-state index < -0.39 is 91.9 Å². The van der Waals surface area contributed by atoms with E-state index in [0.29, 0.717) is 10.0 Å². The summed E-state index contributed by atoms with van der Waals surface area (Å²) in [5, 5.41) is 10.7. The minimum absolute atomic E-state index is 0.0829. The van der Waals surface area contributed by atoms with E-state index in [-0.39, 0.29) is 23.0 Å². The number of halogens is 17. The lowest BCUT2D eigenvalue weighted by molar-refractivity contribution is -0.462. The Kier molecular flexibility index (Phi) is 9.27. The minimum Gasteiger partial charge on any atom is -0.387 e. The smallest absolute Gasteiger partial charge is 0.387 e. The Morgan fingerprint density at radius 2 is 1.06 bits per heavy atom. The maximum atomic E-state index is 15.0. The average Bonchev–Trinajstić information content (AvgIpc) is 3.36. The molecule has 0 aliphatic rings. The van der Waals surface area contributed by atoms with Crippen molar-refractivity contribution in [1.29, 1.82) is 0 Å². The second kappa shape index (κ2) is 11.4. The Bertz CT molecular complexity index is 1780.